The second-order valence-electron chi connectivity index (χ2n) is 3.28. The number of carbonyl (C=O) groups is 1. The first-order valence-electron chi connectivity index (χ1n) is 4.55. The maximum Gasteiger partial charge on any atom is 0.232 e. The van der Waals surface area contributed by atoms with Crippen LogP contribution in [0.15, 0.2) is 27.8 Å². The summed E-state index contributed by atoms with van der Waals surface area (Å²) in [6.07, 6.45) is -0.137. The molecular weight excluding hydrogens is 274 g/mol. The lowest BCUT2D eigenvalue weighted by molar-refractivity contribution is -0.115. The number of rotatable bonds is 3. The summed E-state index contributed by atoms with van der Waals surface area (Å²) in [5.74, 6) is -0.449. The third-order valence-electron chi connectivity index (χ3n) is 1.93. The number of aryl methyl sites for hydroxylation is 1. The molecule has 6 heteroatoms. The summed E-state index contributed by atoms with van der Waals surface area (Å²) in [4.78, 5) is 11.4. The predicted octanol–water partition coefficient (Wildman–Crippen LogP) is 1.83. The van der Waals surface area contributed by atoms with Gasteiger partial charge in [0.2, 0.25) is 5.91 Å². The van der Waals surface area contributed by atoms with Crippen molar-refractivity contribution in [2.45, 2.75) is 13.3 Å². The van der Waals surface area contributed by atoms with Crippen LogP contribution < -0.4 is 11.1 Å². The van der Waals surface area contributed by atoms with E-state index in [1.54, 1.807) is 12.1 Å². The standard InChI is InChI=1S/C10H12BrN3O2/c1-6-2-3-7(4-8(6)11)13-10(15)5-9(12)14-16/h2-4,16H,5H2,1H3,(H2,12,14)(H,13,15). The summed E-state index contributed by atoms with van der Waals surface area (Å²) in [5.41, 5.74) is 6.95. The summed E-state index contributed by atoms with van der Waals surface area (Å²) >= 11 is 3.36. The molecule has 5 nitrogen and oxygen atoms in total. The Morgan fingerprint density at radius 1 is 1.62 bits per heavy atom. The van der Waals surface area contributed by atoms with Crippen molar-refractivity contribution >= 4 is 33.4 Å². The Morgan fingerprint density at radius 2 is 2.31 bits per heavy atom. The molecule has 0 unspecified atom stereocenters. The van der Waals surface area contributed by atoms with Crippen molar-refractivity contribution in [3.05, 3.63) is 28.2 Å². The molecule has 1 amide bonds. The normalized spacial score (nSPS) is 11.2. The summed E-state index contributed by atoms with van der Waals surface area (Å²) in [7, 11) is 0. The molecule has 0 saturated carbocycles. The van der Waals surface area contributed by atoms with Gasteiger partial charge in [0.1, 0.15) is 5.84 Å². The maximum atomic E-state index is 11.4. The van der Waals surface area contributed by atoms with Gasteiger partial charge in [-0.15, -0.1) is 0 Å². The number of carbonyl (C=O) groups excluding carboxylic acids is 1. The summed E-state index contributed by atoms with van der Waals surface area (Å²) in [6, 6.07) is 5.45. The van der Waals surface area contributed by atoms with Crippen LogP contribution in [0, 0.1) is 6.92 Å². The fourth-order valence-corrected chi connectivity index (χ4v) is 1.45. The van der Waals surface area contributed by atoms with E-state index in [2.05, 4.69) is 26.4 Å². The Labute approximate surface area is 101 Å². The highest BCUT2D eigenvalue weighted by molar-refractivity contribution is 9.10. The zero-order valence-corrected chi connectivity index (χ0v) is 10.3. The Hall–Kier alpha value is -1.56. The molecule has 0 bridgehead atoms. The van der Waals surface area contributed by atoms with Crippen molar-refractivity contribution < 1.29 is 10.0 Å². The molecule has 1 rings (SSSR count). The minimum atomic E-state index is -0.328. The fraction of sp³-hybridized carbons (Fsp3) is 0.200. The van der Waals surface area contributed by atoms with Gasteiger partial charge in [-0.1, -0.05) is 27.2 Å². The average Bonchev–Trinajstić information content (AvgIpc) is 2.23. The monoisotopic (exact) mass is 285 g/mol. The fourth-order valence-electron chi connectivity index (χ4n) is 1.08. The van der Waals surface area contributed by atoms with Gasteiger partial charge in [-0.3, -0.25) is 4.79 Å². The molecule has 0 radical (unpaired) electrons. The zero-order valence-electron chi connectivity index (χ0n) is 8.70. The number of nitrogens with zero attached hydrogens (tertiary/aromatic N) is 1. The minimum absolute atomic E-state index is 0.122. The maximum absolute atomic E-state index is 11.4. The van der Waals surface area contributed by atoms with Crippen LogP contribution in [0.3, 0.4) is 0 Å². The van der Waals surface area contributed by atoms with Crippen molar-refractivity contribution in [2.75, 3.05) is 5.32 Å². The van der Waals surface area contributed by atoms with Gasteiger partial charge in [0.15, 0.2) is 0 Å². The van der Waals surface area contributed by atoms with E-state index in [9.17, 15) is 4.79 Å². The number of halogens is 1. The zero-order chi connectivity index (χ0) is 12.1. The highest BCUT2D eigenvalue weighted by Gasteiger charge is 2.06. The largest absolute Gasteiger partial charge is 0.409 e. The van der Waals surface area contributed by atoms with Crippen molar-refractivity contribution in [1.82, 2.24) is 0 Å². The first-order valence-corrected chi connectivity index (χ1v) is 5.34. The molecule has 0 spiro atoms. The topological polar surface area (TPSA) is 87.7 Å². The van der Waals surface area contributed by atoms with Crippen LogP contribution in [0.1, 0.15) is 12.0 Å². The van der Waals surface area contributed by atoms with E-state index >= 15 is 0 Å². The van der Waals surface area contributed by atoms with E-state index < -0.39 is 0 Å². The number of amides is 1. The van der Waals surface area contributed by atoms with Crippen molar-refractivity contribution in [1.29, 1.82) is 0 Å². The van der Waals surface area contributed by atoms with Crippen LogP contribution >= 0.6 is 15.9 Å². The van der Waals surface area contributed by atoms with Gasteiger partial charge in [-0.05, 0) is 24.6 Å². The quantitative estimate of drug-likeness (QED) is 0.343. The molecule has 0 aromatic heterocycles. The Kier molecular flexibility index (Phi) is 4.30. The molecule has 0 atom stereocenters. The van der Waals surface area contributed by atoms with Crippen LogP contribution in [0.2, 0.25) is 0 Å². The number of hydrogen-bond acceptors (Lipinski definition) is 3. The second kappa shape index (κ2) is 5.50. The van der Waals surface area contributed by atoms with Gasteiger partial charge in [0.05, 0.1) is 6.42 Å². The van der Waals surface area contributed by atoms with E-state index in [-0.39, 0.29) is 18.2 Å². The number of amidine groups is 1. The Balaban J connectivity index is 2.66. The average molecular weight is 286 g/mol. The van der Waals surface area contributed by atoms with Gasteiger partial charge in [-0.2, -0.15) is 0 Å². The number of hydrogen-bond donors (Lipinski definition) is 3. The molecule has 86 valence electrons. The second-order valence-corrected chi connectivity index (χ2v) is 4.13. The SMILES string of the molecule is Cc1ccc(NC(=O)CC(N)=NO)cc1Br. The lowest BCUT2D eigenvalue weighted by Gasteiger charge is -2.06. The molecule has 16 heavy (non-hydrogen) atoms. The molecular formula is C10H12BrN3O2. The summed E-state index contributed by atoms with van der Waals surface area (Å²) < 4.78 is 0.911. The number of oxime groups is 1. The van der Waals surface area contributed by atoms with Gasteiger partial charge < -0.3 is 16.3 Å². The summed E-state index contributed by atoms with van der Waals surface area (Å²) in [5, 5.41) is 13.7. The lowest BCUT2D eigenvalue weighted by atomic mass is 10.2. The van der Waals surface area contributed by atoms with Gasteiger partial charge in [0.25, 0.3) is 0 Å². The van der Waals surface area contributed by atoms with Gasteiger partial charge in [-0.25, -0.2) is 0 Å². The van der Waals surface area contributed by atoms with Crippen LogP contribution in [0.4, 0.5) is 5.69 Å². The van der Waals surface area contributed by atoms with Crippen molar-refractivity contribution in [3.8, 4) is 0 Å². The Morgan fingerprint density at radius 3 is 2.88 bits per heavy atom. The first kappa shape index (κ1) is 12.5. The molecule has 0 saturated heterocycles. The number of nitrogens with two attached hydrogens (primary N) is 1. The predicted molar refractivity (Wildman–Crippen MR) is 65.5 cm³/mol. The molecule has 4 N–H and O–H groups in total. The molecule has 0 fully saturated rings. The third-order valence-corrected chi connectivity index (χ3v) is 2.78. The van der Waals surface area contributed by atoms with E-state index in [0.29, 0.717) is 5.69 Å². The van der Waals surface area contributed by atoms with Crippen LogP contribution in [-0.2, 0) is 4.79 Å². The molecule has 1 aromatic rings. The van der Waals surface area contributed by atoms with E-state index in [0.717, 1.165) is 10.0 Å². The molecule has 0 aliphatic rings. The molecule has 0 aliphatic heterocycles. The third kappa shape index (κ3) is 3.54. The number of nitrogens with one attached hydrogen (secondary N) is 1. The molecule has 0 aliphatic carbocycles. The number of anilines is 1. The Bertz CT molecular complexity index is 432. The van der Waals surface area contributed by atoms with Gasteiger partial charge in [0, 0.05) is 10.2 Å². The highest BCUT2D eigenvalue weighted by Crippen LogP contribution is 2.20. The number of benzene rings is 1. The van der Waals surface area contributed by atoms with Crippen LogP contribution in [0.25, 0.3) is 0 Å². The lowest BCUT2D eigenvalue weighted by Crippen LogP contribution is -2.21. The van der Waals surface area contributed by atoms with Crippen LogP contribution in [0.5, 0.6) is 0 Å². The summed E-state index contributed by atoms with van der Waals surface area (Å²) in [6.45, 7) is 1.95. The van der Waals surface area contributed by atoms with E-state index in [1.165, 1.54) is 0 Å². The first-order chi connectivity index (χ1) is 7.52. The highest BCUT2D eigenvalue weighted by atomic mass is 79.9. The molecule has 0 heterocycles. The smallest absolute Gasteiger partial charge is 0.232 e. The van der Waals surface area contributed by atoms with E-state index in [1.807, 2.05) is 13.0 Å². The molecule has 1 aromatic carbocycles. The minimum Gasteiger partial charge on any atom is -0.409 e. The van der Waals surface area contributed by atoms with E-state index in [4.69, 9.17) is 10.9 Å². The van der Waals surface area contributed by atoms with Gasteiger partial charge >= 0.3 is 0 Å². The van der Waals surface area contributed by atoms with Crippen molar-refractivity contribution in [3.63, 3.8) is 0 Å². The van der Waals surface area contributed by atoms with Crippen molar-refractivity contribution in [2.24, 2.45) is 10.9 Å². The van der Waals surface area contributed by atoms with Crippen LogP contribution in [-0.4, -0.2) is 17.0 Å².